The van der Waals surface area contributed by atoms with Crippen LogP contribution in [-0.2, 0) is 9.42 Å². The van der Waals surface area contributed by atoms with Crippen molar-refractivity contribution in [1.29, 1.82) is 0 Å². The van der Waals surface area contributed by atoms with E-state index in [2.05, 4.69) is 4.62 Å². The van der Waals surface area contributed by atoms with Gasteiger partial charge in [0, 0.05) is 0 Å². The van der Waals surface area contributed by atoms with E-state index in [1.165, 1.54) is 0 Å². The van der Waals surface area contributed by atoms with Crippen LogP contribution in [0.4, 0.5) is 0 Å². The molecule has 1 N–H and O–H groups in total. The van der Waals surface area contributed by atoms with Gasteiger partial charge in [-0.2, -0.15) is 0 Å². The molecule has 0 radical (unpaired) electrons. The molecular weight excluding hydrogens is 216 g/mol. The third-order valence-corrected chi connectivity index (χ3v) is 1.00. The molecule has 0 aliphatic carbocycles. The molecule has 0 aromatic rings. The Morgan fingerprint density at radius 3 is 2.83 bits per heavy atom. The summed E-state index contributed by atoms with van der Waals surface area (Å²) >= 11 is 1.99. The molecule has 0 aliphatic heterocycles. The Labute approximate surface area is 50.1 Å². The van der Waals surface area contributed by atoms with Gasteiger partial charge in [-0.25, -0.2) is 10.1 Å². The van der Waals surface area contributed by atoms with Crippen LogP contribution < -0.4 is 5.48 Å². The van der Waals surface area contributed by atoms with Crippen molar-refractivity contribution in [2.75, 3.05) is 0 Å². The average molecular weight is 219 g/mol. The fourth-order valence-electron chi connectivity index (χ4n) is 0.0463. The molecule has 36 valence electrons. The first kappa shape index (κ1) is 6.59. The first-order chi connectivity index (χ1) is 2.91. The van der Waals surface area contributed by atoms with Crippen LogP contribution >= 0.6 is 28.5 Å². The van der Waals surface area contributed by atoms with E-state index in [1.54, 1.807) is 0 Å². The number of hydrogen-bond donors (Lipinski definition) is 1. The van der Waals surface area contributed by atoms with Gasteiger partial charge >= 0.3 is 0 Å². The van der Waals surface area contributed by atoms with E-state index >= 15 is 0 Å². The van der Waals surface area contributed by atoms with Gasteiger partial charge in [0.15, 0.2) is 0 Å². The van der Waals surface area contributed by atoms with Crippen molar-refractivity contribution in [3.05, 3.63) is 0 Å². The molecular formula is CH3INO2P. The van der Waals surface area contributed by atoms with E-state index in [-0.39, 0.29) is 0 Å². The predicted octanol–water partition coefficient (Wildman–Crippen LogP) is 0.607. The second kappa shape index (κ2) is 5.59. The van der Waals surface area contributed by atoms with Crippen molar-refractivity contribution in [3.8, 4) is 0 Å². The zero-order chi connectivity index (χ0) is 4.83. The van der Waals surface area contributed by atoms with Gasteiger partial charge in [-0.3, -0.25) is 4.79 Å². The number of nitrogens with one attached hydrogen (secondary N) is 1. The first-order valence-electron chi connectivity index (χ1n) is 1.12. The minimum absolute atomic E-state index is 0.292. The molecule has 1 amide bonds. The van der Waals surface area contributed by atoms with Crippen LogP contribution in [-0.4, -0.2) is 6.41 Å². The van der Waals surface area contributed by atoms with Crippen molar-refractivity contribution < 1.29 is 9.42 Å². The summed E-state index contributed by atoms with van der Waals surface area (Å²) in [6, 6.07) is 0. The SMILES string of the molecule is O=CNOPI. The molecule has 6 heavy (non-hydrogen) atoms. The van der Waals surface area contributed by atoms with Crippen LogP contribution in [0.3, 0.4) is 0 Å². The molecule has 0 saturated heterocycles. The highest BCUT2D eigenvalue weighted by molar-refractivity contribution is 14.2. The summed E-state index contributed by atoms with van der Waals surface area (Å²) in [6.07, 6.45) is 0.492. The van der Waals surface area contributed by atoms with Crippen LogP contribution in [0, 0.1) is 0 Å². The van der Waals surface area contributed by atoms with Crippen molar-refractivity contribution in [1.82, 2.24) is 5.48 Å². The maximum Gasteiger partial charge on any atom is 0.231 e. The smallest absolute Gasteiger partial charge is 0.231 e. The van der Waals surface area contributed by atoms with Crippen molar-refractivity contribution >= 4 is 34.9 Å². The van der Waals surface area contributed by atoms with Gasteiger partial charge in [0.05, 0.1) is 0 Å². The monoisotopic (exact) mass is 219 g/mol. The quantitative estimate of drug-likeness (QED) is 0.248. The summed E-state index contributed by atoms with van der Waals surface area (Å²) in [4.78, 5) is 9.33. The fourth-order valence-corrected chi connectivity index (χ4v) is 0.520. The van der Waals surface area contributed by atoms with Crippen molar-refractivity contribution in [3.63, 3.8) is 0 Å². The third kappa shape index (κ3) is 4.59. The fraction of sp³-hybridized carbons (Fsp3) is 0. The van der Waals surface area contributed by atoms with Gasteiger partial charge in [-0.15, -0.1) is 0 Å². The van der Waals surface area contributed by atoms with E-state index in [4.69, 9.17) is 0 Å². The Bertz CT molecular complexity index is 42.5. The highest BCUT2D eigenvalue weighted by atomic mass is 127. The lowest BCUT2D eigenvalue weighted by molar-refractivity contribution is -0.114. The number of hydrogen-bond acceptors (Lipinski definition) is 2. The standard InChI is InChI=1S/CH3INO2P/c2-6-5-3-1-4/h1,6H,(H,3,4). The zero-order valence-electron chi connectivity index (χ0n) is 2.77. The van der Waals surface area contributed by atoms with Gasteiger partial charge in [-0.1, -0.05) is 0 Å². The summed E-state index contributed by atoms with van der Waals surface area (Å²) in [5, 5.41) is 0. The number of carbonyl (C=O) groups excluding carboxylic acids is 1. The maximum atomic E-state index is 9.33. The number of hydroxylamine groups is 1. The number of rotatable bonds is 3. The van der Waals surface area contributed by atoms with E-state index in [0.29, 0.717) is 12.9 Å². The van der Waals surface area contributed by atoms with Crippen molar-refractivity contribution in [2.24, 2.45) is 0 Å². The van der Waals surface area contributed by atoms with E-state index in [0.717, 1.165) is 0 Å². The molecule has 0 aromatic heterocycles. The Kier molecular flexibility index (Phi) is 6.14. The molecule has 0 heterocycles. The zero-order valence-corrected chi connectivity index (χ0v) is 5.93. The van der Waals surface area contributed by atoms with Gasteiger partial charge < -0.3 is 0 Å². The second-order valence-electron chi connectivity index (χ2n) is 0.415. The molecule has 0 fully saturated rings. The van der Waals surface area contributed by atoms with Gasteiger partial charge in [0.1, 0.15) is 6.45 Å². The van der Waals surface area contributed by atoms with Crippen LogP contribution in [0.5, 0.6) is 0 Å². The van der Waals surface area contributed by atoms with Crippen LogP contribution in [0.15, 0.2) is 0 Å². The molecule has 0 spiro atoms. The number of carbonyl (C=O) groups is 1. The Hall–Kier alpha value is 0.590. The molecule has 5 heteroatoms. The third-order valence-electron chi connectivity index (χ3n) is 0.146. The van der Waals surface area contributed by atoms with Crippen LogP contribution in [0.25, 0.3) is 0 Å². The number of halogens is 1. The summed E-state index contributed by atoms with van der Waals surface area (Å²) in [5.74, 6) is 0. The maximum absolute atomic E-state index is 9.33. The Morgan fingerprint density at radius 1 is 2.00 bits per heavy atom. The summed E-state index contributed by atoms with van der Waals surface area (Å²) in [6.45, 7) is 0.292. The molecule has 1 unspecified atom stereocenters. The minimum atomic E-state index is 0.292. The normalized spacial score (nSPS) is 9.50. The van der Waals surface area contributed by atoms with Gasteiger partial charge in [0.25, 0.3) is 0 Å². The molecule has 0 aliphatic rings. The van der Waals surface area contributed by atoms with E-state index in [9.17, 15) is 4.79 Å². The summed E-state index contributed by atoms with van der Waals surface area (Å²) in [7, 11) is 0. The van der Waals surface area contributed by atoms with E-state index < -0.39 is 0 Å². The lowest BCUT2D eigenvalue weighted by atomic mass is 11.5. The molecule has 0 bridgehead atoms. The topological polar surface area (TPSA) is 38.3 Å². The number of amides is 1. The molecule has 0 saturated carbocycles. The first-order valence-corrected chi connectivity index (χ1v) is 5.14. The highest BCUT2D eigenvalue weighted by Gasteiger charge is 1.69. The molecule has 0 rings (SSSR count). The average Bonchev–Trinajstić information content (AvgIpc) is 1.61. The van der Waals surface area contributed by atoms with Crippen molar-refractivity contribution in [2.45, 2.75) is 0 Å². The van der Waals surface area contributed by atoms with E-state index in [1.807, 2.05) is 27.5 Å². The van der Waals surface area contributed by atoms with Crippen LogP contribution in [0.1, 0.15) is 0 Å². The van der Waals surface area contributed by atoms with Crippen LogP contribution in [0.2, 0.25) is 0 Å². The van der Waals surface area contributed by atoms with Gasteiger partial charge in [0.2, 0.25) is 6.41 Å². The highest BCUT2D eigenvalue weighted by Crippen LogP contribution is 2.18. The lowest BCUT2D eigenvalue weighted by Gasteiger charge is -1.87. The summed E-state index contributed by atoms with van der Waals surface area (Å²) in [5.41, 5.74) is 2.02. The Morgan fingerprint density at radius 2 is 2.67 bits per heavy atom. The molecule has 1 atom stereocenters. The predicted molar refractivity (Wildman–Crippen MR) is 32.6 cm³/mol. The molecule has 0 aromatic carbocycles. The largest absolute Gasteiger partial charge is 0.277 e. The lowest BCUT2D eigenvalue weighted by Crippen LogP contribution is -2.02. The summed E-state index contributed by atoms with van der Waals surface area (Å²) < 4.78 is 4.38. The molecule has 3 nitrogen and oxygen atoms in total. The Balaban J connectivity index is 2.49. The second-order valence-corrected chi connectivity index (χ2v) is 2.09. The van der Waals surface area contributed by atoms with Gasteiger partial charge in [-0.05, 0) is 22.0 Å². The minimum Gasteiger partial charge on any atom is -0.277 e.